The van der Waals surface area contributed by atoms with Gasteiger partial charge in [-0.15, -0.1) is 11.3 Å². The first-order valence-electron chi connectivity index (χ1n) is 6.59. The van der Waals surface area contributed by atoms with Crippen LogP contribution in [0.2, 0.25) is 4.34 Å². The Hall–Kier alpha value is -1.72. The van der Waals surface area contributed by atoms with Gasteiger partial charge in [0.1, 0.15) is 13.2 Å². The zero-order chi connectivity index (χ0) is 14.8. The van der Waals surface area contributed by atoms with Crippen molar-refractivity contribution in [2.24, 2.45) is 0 Å². The Kier molecular flexibility index (Phi) is 4.03. The Morgan fingerprint density at radius 2 is 2.00 bits per heavy atom. The van der Waals surface area contributed by atoms with Gasteiger partial charge in [-0.25, -0.2) is 0 Å². The number of thiophene rings is 1. The van der Waals surface area contributed by atoms with Gasteiger partial charge in [-0.1, -0.05) is 11.6 Å². The molecule has 1 N–H and O–H groups in total. The summed E-state index contributed by atoms with van der Waals surface area (Å²) in [6, 6.07) is 8.85. The van der Waals surface area contributed by atoms with Crippen LogP contribution >= 0.6 is 22.9 Å². The standard InChI is InChI=1S/C15H14ClNO3S/c1-9(13-4-5-14(16)21-13)17-15(18)10-2-3-11-12(8-10)20-7-6-19-11/h2-5,8-9H,6-7H2,1H3,(H,17,18). The molecule has 0 saturated heterocycles. The molecule has 0 spiro atoms. The molecule has 0 saturated carbocycles. The topological polar surface area (TPSA) is 47.6 Å². The number of hydrogen-bond donors (Lipinski definition) is 1. The summed E-state index contributed by atoms with van der Waals surface area (Å²) in [7, 11) is 0. The van der Waals surface area contributed by atoms with E-state index in [0.717, 1.165) is 4.88 Å². The number of carbonyl (C=O) groups excluding carboxylic acids is 1. The van der Waals surface area contributed by atoms with Gasteiger partial charge < -0.3 is 14.8 Å². The molecule has 2 aromatic rings. The molecule has 0 fully saturated rings. The Morgan fingerprint density at radius 1 is 1.24 bits per heavy atom. The quantitative estimate of drug-likeness (QED) is 0.937. The number of benzene rings is 1. The third-order valence-corrected chi connectivity index (χ3v) is 4.59. The first kappa shape index (κ1) is 14.2. The molecule has 1 amide bonds. The van der Waals surface area contributed by atoms with Crippen molar-refractivity contribution in [3.63, 3.8) is 0 Å². The van der Waals surface area contributed by atoms with Gasteiger partial charge in [-0.3, -0.25) is 4.79 Å². The lowest BCUT2D eigenvalue weighted by Crippen LogP contribution is -2.26. The number of carbonyl (C=O) groups is 1. The molecule has 6 heteroatoms. The Balaban J connectivity index is 1.73. The van der Waals surface area contributed by atoms with Gasteiger partial charge in [0.2, 0.25) is 0 Å². The summed E-state index contributed by atoms with van der Waals surface area (Å²) in [5.41, 5.74) is 0.550. The van der Waals surface area contributed by atoms with E-state index in [1.807, 2.05) is 19.1 Å². The molecule has 1 aromatic heterocycles. The van der Waals surface area contributed by atoms with Crippen LogP contribution in [0.3, 0.4) is 0 Å². The fourth-order valence-corrected chi connectivity index (χ4v) is 3.16. The van der Waals surface area contributed by atoms with E-state index in [1.54, 1.807) is 18.2 Å². The molecular weight excluding hydrogens is 310 g/mol. The zero-order valence-electron chi connectivity index (χ0n) is 11.4. The summed E-state index contributed by atoms with van der Waals surface area (Å²) in [4.78, 5) is 13.3. The summed E-state index contributed by atoms with van der Waals surface area (Å²) >= 11 is 7.37. The van der Waals surface area contributed by atoms with Gasteiger partial charge in [0.15, 0.2) is 11.5 Å². The van der Waals surface area contributed by atoms with Crippen molar-refractivity contribution in [1.82, 2.24) is 5.32 Å². The summed E-state index contributed by atoms with van der Waals surface area (Å²) < 4.78 is 11.6. The molecule has 3 rings (SSSR count). The van der Waals surface area contributed by atoms with Gasteiger partial charge in [-0.05, 0) is 37.3 Å². The van der Waals surface area contributed by atoms with Crippen molar-refractivity contribution in [2.75, 3.05) is 13.2 Å². The lowest BCUT2D eigenvalue weighted by atomic mass is 10.1. The number of fused-ring (bicyclic) bond motifs is 1. The van der Waals surface area contributed by atoms with E-state index in [1.165, 1.54) is 11.3 Å². The maximum atomic E-state index is 12.3. The molecular formula is C15H14ClNO3S. The monoisotopic (exact) mass is 323 g/mol. The van der Waals surface area contributed by atoms with Crippen LogP contribution in [-0.2, 0) is 0 Å². The van der Waals surface area contributed by atoms with Gasteiger partial charge in [0.05, 0.1) is 10.4 Å². The van der Waals surface area contributed by atoms with E-state index >= 15 is 0 Å². The molecule has 0 aliphatic carbocycles. The van der Waals surface area contributed by atoms with Crippen LogP contribution in [0.4, 0.5) is 0 Å². The molecule has 2 heterocycles. The molecule has 4 nitrogen and oxygen atoms in total. The summed E-state index contributed by atoms with van der Waals surface area (Å²) in [6.45, 7) is 2.97. The SMILES string of the molecule is CC(NC(=O)c1ccc2c(c1)OCCO2)c1ccc(Cl)s1. The minimum atomic E-state index is -0.149. The van der Waals surface area contributed by atoms with Crippen molar-refractivity contribution < 1.29 is 14.3 Å². The van der Waals surface area contributed by atoms with Gasteiger partial charge in [0, 0.05) is 10.4 Å². The highest BCUT2D eigenvalue weighted by atomic mass is 35.5. The van der Waals surface area contributed by atoms with Crippen molar-refractivity contribution in [2.45, 2.75) is 13.0 Å². The van der Waals surface area contributed by atoms with Crippen LogP contribution in [0.25, 0.3) is 0 Å². The molecule has 1 aliphatic heterocycles. The van der Waals surface area contributed by atoms with E-state index in [4.69, 9.17) is 21.1 Å². The number of hydrogen-bond acceptors (Lipinski definition) is 4. The third-order valence-electron chi connectivity index (χ3n) is 3.17. The predicted octanol–water partition coefficient (Wildman–Crippen LogP) is 3.66. The Bertz CT molecular complexity index is 671. The molecule has 1 aliphatic rings. The fourth-order valence-electron chi connectivity index (χ4n) is 2.10. The largest absolute Gasteiger partial charge is 0.486 e. The maximum Gasteiger partial charge on any atom is 0.251 e. The lowest BCUT2D eigenvalue weighted by Gasteiger charge is -2.19. The van der Waals surface area contributed by atoms with Crippen molar-refractivity contribution >= 4 is 28.8 Å². The number of rotatable bonds is 3. The third kappa shape index (κ3) is 3.14. The highest BCUT2D eigenvalue weighted by molar-refractivity contribution is 7.16. The summed E-state index contributed by atoms with van der Waals surface area (Å²) in [5.74, 6) is 1.14. The van der Waals surface area contributed by atoms with Gasteiger partial charge in [-0.2, -0.15) is 0 Å². The first-order chi connectivity index (χ1) is 10.1. The van der Waals surface area contributed by atoms with Crippen molar-refractivity contribution in [1.29, 1.82) is 0 Å². The van der Waals surface area contributed by atoms with E-state index < -0.39 is 0 Å². The van der Waals surface area contributed by atoms with Crippen molar-refractivity contribution in [3.8, 4) is 11.5 Å². The van der Waals surface area contributed by atoms with E-state index in [-0.39, 0.29) is 11.9 Å². The van der Waals surface area contributed by atoms with Crippen LogP contribution in [-0.4, -0.2) is 19.1 Å². The Morgan fingerprint density at radius 3 is 2.71 bits per heavy atom. The van der Waals surface area contributed by atoms with E-state index in [9.17, 15) is 4.79 Å². The van der Waals surface area contributed by atoms with Crippen LogP contribution in [0.1, 0.15) is 28.2 Å². The highest BCUT2D eigenvalue weighted by Crippen LogP contribution is 2.31. The molecule has 1 unspecified atom stereocenters. The fraction of sp³-hybridized carbons (Fsp3) is 0.267. The van der Waals surface area contributed by atoms with Crippen LogP contribution in [0, 0.1) is 0 Å². The minimum Gasteiger partial charge on any atom is -0.486 e. The molecule has 110 valence electrons. The molecule has 0 bridgehead atoms. The second kappa shape index (κ2) is 5.95. The molecule has 21 heavy (non-hydrogen) atoms. The number of ether oxygens (including phenoxy) is 2. The smallest absolute Gasteiger partial charge is 0.251 e. The predicted molar refractivity (Wildman–Crippen MR) is 82.6 cm³/mol. The summed E-state index contributed by atoms with van der Waals surface area (Å²) in [5, 5.41) is 2.95. The van der Waals surface area contributed by atoms with Crippen molar-refractivity contribution in [3.05, 3.63) is 45.1 Å². The van der Waals surface area contributed by atoms with Gasteiger partial charge in [0.25, 0.3) is 5.91 Å². The lowest BCUT2D eigenvalue weighted by molar-refractivity contribution is 0.0939. The van der Waals surface area contributed by atoms with Crippen LogP contribution in [0.5, 0.6) is 11.5 Å². The molecule has 1 atom stereocenters. The maximum absolute atomic E-state index is 12.3. The second-order valence-corrected chi connectivity index (χ2v) is 6.44. The highest BCUT2D eigenvalue weighted by Gasteiger charge is 2.17. The average molecular weight is 324 g/mol. The van der Waals surface area contributed by atoms with Crippen LogP contribution in [0.15, 0.2) is 30.3 Å². The van der Waals surface area contributed by atoms with Crippen LogP contribution < -0.4 is 14.8 Å². The normalized spacial score (nSPS) is 14.6. The number of amides is 1. The van der Waals surface area contributed by atoms with Gasteiger partial charge >= 0.3 is 0 Å². The molecule has 1 aromatic carbocycles. The molecule has 0 radical (unpaired) electrons. The Labute approximate surface area is 131 Å². The number of nitrogens with one attached hydrogen (secondary N) is 1. The second-order valence-electron chi connectivity index (χ2n) is 4.70. The first-order valence-corrected chi connectivity index (χ1v) is 7.78. The summed E-state index contributed by atoms with van der Waals surface area (Å²) in [6.07, 6.45) is 0. The average Bonchev–Trinajstić information content (AvgIpc) is 2.93. The zero-order valence-corrected chi connectivity index (χ0v) is 13.0. The minimum absolute atomic E-state index is 0.0943. The van der Waals surface area contributed by atoms with E-state index in [0.29, 0.717) is 34.6 Å². The van der Waals surface area contributed by atoms with E-state index in [2.05, 4.69) is 5.32 Å². The number of halogens is 1.